The van der Waals surface area contributed by atoms with Gasteiger partial charge in [-0.3, -0.25) is 19.2 Å². The molecular weight excluding hydrogens is 580 g/mol. The van der Waals surface area contributed by atoms with Crippen LogP contribution in [-0.2, 0) is 39.1 Å². The first-order chi connectivity index (χ1) is 21.6. The molecule has 250 valence electrons. The van der Waals surface area contributed by atoms with E-state index in [1.54, 1.807) is 0 Å². The molecule has 0 radical (unpaired) electrons. The molecule has 3 aliphatic rings. The second kappa shape index (κ2) is 11.3. The SMILES string of the molecule is CC(=O)C1=C(C)CC2(C)CC3(C)Cc4c(C(C)C)cc(CC(=O)Cc5ccc(C)cc5C(C)(C)C)c(C)c4C(=O)C3=C(C)C2(C)C1=O. The van der Waals surface area contributed by atoms with Crippen LogP contribution in [0, 0.1) is 30.1 Å². The van der Waals surface area contributed by atoms with Crippen LogP contribution >= 0.6 is 0 Å². The predicted molar refractivity (Wildman–Crippen MR) is 190 cm³/mol. The van der Waals surface area contributed by atoms with Gasteiger partial charge < -0.3 is 0 Å². The topological polar surface area (TPSA) is 68.3 Å². The van der Waals surface area contributed by atoms with Crippen molar-refractivity contribution >= 4 is 23.1 Å². The third kappa shape index (κ3) is 5.35. The zero-order valence-corrected chi connectivity index (χ0v) is 31.1. The minimum atomic E-state index is -0.948. The molecular formula is C43H54O4. The van der Waals surface area contributed by atoms with Crippen molar-refractivity contribution in [1.82, 2.24) is 0 Å². The predicted octanol–water partition coefficient (Wildman–Crippen LogP) is 9.43. The van der Waals surface area contributed by atoms with Crippen LogP contribution in [0.2, 0.25) is 0 Å². The summed E-state index contributed by atoms with van der Waals surface area (Å²) in [4.78, 5) is 55.7. The van der Waals surface area contributed by atoms with Gasteiger partial charge in [-0.1, -0.05) is 89.4 Å². The van der Waals surface area contributed by atoms with Gasteiger partial charge in [0, 0.05) is 29.4 Å². The largest absolute Gasteiger partial charge is 0.299 e. The Morgan fingerprint density at radius 2 is 1.51 bits per heavy atom. The maximum absolute atomic E-state index is 15.0. The molecule has 47 heavy (non-hydrogen) atoms. The Bertz CT molecular complexity index is 1820. The molecule has 3 unspecified atom stereocenters. The van der Waals surface area contributed by atoms with Gasteiger partial charge in [0.2, 0.25) is 0 Å². The zero-order chi connectivity index (χ0) is 35.2. The molecule has 0 aliphatic heterocycles. The fourth-order valence-corrected chi connectivity index (χ4v) is 9.79. The smallest absolute Gasteiger partial charge is 0.190 e. The summed E-state index contributed by atoms with van der Waals surface area (Å²) in [5, 5.41) is 0. The normalized spacial score (nSPS) is 26.0. The van der Waals surface area contributed by atoms with Crippen molar-refractivity contribution in [3.8, 4) is 0 Å². The fourth-order valence-electron chi connectivity index (χ4n) is 9.79. The van der Waals surface area contributed by atoms with Crippen molar-refractivity contribution in [1.29, 1.82) is 0 Å². The number of carbonyl (C=O) groups excluding carboxylic acids is 4. The molecule has 2 aromatic rings. The Morgan fingerprint density at radius 1 is 0.894 bits per heavy atom. The number of ketones is 4. The number of hydrogen-bond acceptors (Lipinski definition) is 4. The molecule has 0 saturated heterocycles. The molecule has 0 aromatic heterocycles. The molecule has 5 rings (SSSR count). The van der Waals surface area contributed by atoms with Gasteiger partial charge in [-0.2, -0.15) is 0 Å². The van der Waals surface area contributed by atoms with Crippen molar-refractivity contribution < 1.29 is 19.2 Å². The van der Waals surface area contributed by atoms with Crippen molar-refractivity contribution in [2.45, 2.75) is 133 Å². The Kier molecular flexibility index (Phi) is 8.43. The molecule has 2 aromatic carbocycles. The van der Waals surface area contributed by atoms with Crippen LogP contribution in [0.1, 0.15) is 144 Å². The lowest BCUT2D eigenvalue weighted by Gasteiger charge is -2.59. The van der Waals surface area contributed by atoms with Gasteiger partial charge >= 0.3 is 0 Å². The second-order valence-electron chi connectivity index (χ2n) is 17.2. The molecule has 0 bridgehead atoms. The number of aryl methyl sites for hydroxylation is 1. The molecule has 3 atom stereocenters. The Balaban J connectivity index is 1.63. The highest BCUT2D eigenvalue weighted by molar-refractivity contribution is 6.24. The Hall–Kier alpha value is -3.40. The Labute approximate surface area is 282 Å². The quantitative estimate of drug-likeness (QED) is 0.297. The fraction of sp³-hybridized carbons (Fsp3) is 0.535. The number of fused-ring (bicyclic) bond motifs is 3. The van der Waals surface area contributed by atoms with E-state index in [4.69, 9.17) is 0 Å². The minimum Gasteiger partial charge on any atom is -0.299 e. The van der Waals surface area contributed by atoms with E-state index in [0.717, 1.165) is 44.5 Å². The molecule has 0 spiro atoms. The first kappa shape index (κ1) is 34.9. The van der Waals surface area contributed by atoms with E-state index in [9.17, 15) is 19.2 Å². The monoisotopic (exact) mass is 634 g/mol. The molecule has 0 fully saturated rings. The second-order valence-corrected chi connectivity index (χ2v) is 17.2. The summed E-state index contributed by atoms with van der Waals surface area (Å²) in [7, 11) is 0. The maximum atomic E-state index is 15.0. The third-order valence-corrected chi connectivity index (χ3v) is 12.2. The van der Waals surface area contributed by atoms with Gasteiger partial charge in [0.15, 0.2) is 17.3 Å². The van der Waals surface area contributed by atoms with Crippen LogP contribution in [0.5, 0.6) is 0 Å². The van der Waals surface area contributed by atoms with Gasteiger partial charge in [0.25, 0.3) is 0 Å². The standard InChI is InChI=1S/C43H54O4/c1-23(2)32-19-30(18-31(45)17-29-15-14-24(3)16-34(29)40(8,9)10)26(5)36-33(32)21-41(11)22-42(12)20-25(4)35(28(7)44)39(47)43(42,13)27(6)37(41)38(36)46/h14-16,19,23H,17-18,20-22H2,1-13H3. The van der Waals surface area contributed by atoms with Crippen LogP contribution < -0.4 is 0 Å². The van der Waals surface area contributed by atoms with Crippen LogP contribution in [0.4, 0.5) is 0 Å². The summed E-state index contributed by atoms with van der Waals surface area (Å²) in [6.45, 7) is 26.7. The van der Waals surface area contributed by atoms with E-state index in [0.29, 0.717) is 36.8 Å². The number of allylic oxidation sites excluding steroid dienone is 4. The molecule has 4 nitrogen and oxygen atoms in total. The van der Waals surface area contributed by atoms with Crippen LogP contribution in [0.3, 0.4) is 0 Å². The highest BCUT2D eigenvalue weighted by Crippen LogP contribution is 2.66. The van der Waals surface area contributed by atoms with E-state index in [1.807, 2.05) is 27.7 Å². The number of Topliss-reactive ketones (excluding diaryl/α,β-unsaturated/α-hetero) is 4. The zero-order valence-electron chi connectivity index (χ0n) is 31.1. The summed E-state index contributed by atoms with van der Waals surface area (Å²) >= 11 is 0. The van der Waals surface area contributed by atoms with E-state index in [2.05, 4.69) is 79.7 Å². The summed E-state index contributed by atoms with van der Waals surface area (Å²) in [5.41, 5.74) is 8.98. The first-order valence-electron chi connectivity index (χ1n) is 17.4. The average Bonchev–Trinajstić information content (AvgIpc) is 2.92. The molecule has 0 amide bonds. The summed E-state index contributed by atoms with van der Waals surface area (Å²) < 4.78 is 0. The first-order valence-corrected chi connectivity index (χ1v) is 17.4. The Morgan fingerprint density at radius 3 is 2.09 bits per heavy atom. The number of hydrogen-bond donors (Lipinski definition) is 0. The van der Waals surface area contributed by atoms with Crippen molar-refractivity contribution in [2.24, 2.45) is 16.2 Å². The van der Waals surface area contributed by atoms with Gasteiger partial charge in [-0.15, -0.1) is 0 Å². The van der Waals surface area contributed by atoms with Crippen LogP contribution in [-0.4, -0.2) is 23.1 Å². The summed E-state index contributed by atoms with van der Waals surface area (Å²) in [5.74, 6) is -0.0518. The molecule has 0 N–H and O–H groups in total. The summed E-state index contributed by atoms with van der Waals surface area (Å²) in [6.07, 6.45) is 2.66. The van der Waals surface area contributed by atoms with Crippen molar-refractivity contribution in [2.75, 3.05) is 0 Å². The van der Waals surface area contributed by atoms with Crippen molar-refractivity contribution in [3.05, 3.63) is 91.1 Å². The van der Waals surface area contributed by atoms with Gasteiger partial charge in [0.05, 0.1) is 11.0 Å². The third-order valence-electron chi connectivity index (χ3n) is 12.2. The molecule has 4 heteroatoms. The number of carbonyl (C=O) groups is 4. The average molecular weight is 635 g/mol. The van der Waals surface area contributed by atoms with E-state index >= 15 is 0 Å². The highest BCUT2D eigenvalue weighted by atomic mass is 16.2. The highest BCUT2D eigenvalue weighted by Gasteiger charge is 2.63. The van der Waals surface area contributed by atoms with Gasteiger partial charge in [0.1, 0.15) is 5.78 Å². The van der Waals surface area contributed by atoms with Crippen LogP contribution in [0.15, 0.2) is 46.6 Å². The molecule has 3 aliphatic carbocycles. The van der Waals surface area contributed by atoms with Gasteiger partial charge in [-0.05, 0) is 111 Å². The van der Waals surface area contributed by atoms with Crippen molar-refractivity contribution in [3.63, 3.8) is 0 Å². The van der Waals surface area contributed by atoms with E-state index in [-0.39, 0.29) is 40.9 Å². The van der Waals surface area contributed by atoms with E-state index in [1.165, 1.54) is 18.1 Å². The lowest BCUT2D eigenvalue weighted by atomic mass is 9.42. The van der Waals surface area contributed by atoms with Gasteiger partial charge in [-0.25, -0.2) is 0 Å². The number of benzene rings is 2. The molecule has 0 saturated carbocycles. The minimum absolute atomic E-state index is 0.0137. The number of rotatable bonds is 6. The summed E-state index contributed by atoms with van der Waals surface area (Å²) in [6, 6.07) is 8.55. The lowest BCUT2D eigenvalue weighted by molar-refractivity contribution is -0.134. The van der Waals surface area contributed by atoms with E-state index < -0.39 is 16.2 Å². The maximum Gasteiger partial charge on any atom is 0.190 e. The molecule has 0 heterocycles. The lowest BCUT2D eigenvalue weighted by Crippen LogP contribution is -2.57. The van der Waals surface area contributed by atoms with Crippen LogP contribution in [0.25, 0.3) is 0 Å².